The van der Waals surface area contributed by atoms with Gasteiger partial charge in [0.15, 0.2) is 0 Å². The fourth-order valence-corrected chi connectivity index (χ4v) is 3.42. The first-order valence-corrected chi connectivity index (χ1v) is 7.48. The Morgan fingerprint density at radius 1 is 1.40 bits per heavy atom. The zero-order valence-corrected chi connectivity index (χ0v) is 12.5. The van der Waals surface area contributed by atoms with E-state index in [4.69, 9.17) is 10.2 Å². The van der Waals surface area contributed by atoms with Gasteiger partial charge in [-0.05, 0) is 13.8 Å². The van der Waals surface area contributed by atoms with Crippen LogP contribution in [0.2, 0.25) is 0 Å². The van der Waals surface area contributed by atoms with Crippen molar-refractivity contribution in [2.45, 2.75) is 31.7 Å². The van der Waals surface area contributed by atoms with Gasteiger partial charge < -0.3 is 10.2 Å². The molecule has 1 aromatic heterocycles. The number of hydrogen-bond acceptors (Lipinski definition) is 5. The summed E-state index contributed by atoms with van der Waals surface area (Å²) in [5.41, 5.74) is 0.714. The molecular weight excluding hydrogens is 286 g/mol. The second-order valence-electron chi connectivity index (χ2n) is 4.42. The van der Waals surface area contributed by atoms with E-state index in [1.807, 2.05) is 0 Å². The molecule has 0 bridgehead atoms. The molecule has 2 N–H and O–H groups in total. The van der Waals surface area contributed by atoms with Crippen molar-refractivity contribution < 1.29 is 23.4 Å². The minimum absolute atomic E-state index is 0.0124. The highest BCUT2D eigenvalue weighted by Crippen LogP contribution is 2.22. The van der Waals surface area contributed by atoms with Gasteiger partial charge in [-0.25, -0.2) is 8.42 Å². The Bertz CT molecular complexity index is 593. The van der Waals surface area contributed by atoms with Crippen molar-refractivity contribution in [3.63, 3.8) is 0 Å². The van der Waals surface area contributed by atoms with E-state index < -0.39 is 16.0 Å². The first-order valence-electron chi connectivity index (χ1n) is 6.04. The average molecular weight is 305 g/mol. The van der Waals surface area contributed by atoms with Crippen molar-refractivity contribution in [1.82, 2.24) is 14.1 Å². The largest absolute Gasteiger partial charge is 0.481 e. The average Bonchev–Trinajstić information content (AvgIpc) is 2.62. The first kappa shape index (κ1) is 16.6. The second-order valence-corrected chi connectivity index (χ2v) is 6.40. The first-order chi connectivity index (χ1) is 9.21. The molecule has 1 rings (SSSR count). The zero-order chi connectivity index (χ0) is 15.5. The van der Waals surface area contributed by atoms with Crippen LogP contribution in [0, 0.1) is 13.8 Å². The molecule has 0 aliphatic rings. The van der Waals surface area contributed by atoms with Crippen LogP contribution < -0.4 is 0 Å². The summed E-state index contributed by atoms with van der Waals surface area (Å²) in [7, 11) is -2.36. The number of rotatable bonds is 7. The molecule has 0 aromatic carbocycles. The molecule has 0 spiro atoms. The molecule has 0 saturated heterocycles. The quantitative estimate of drug-likeness (QED) is 0.708. The smallest absolute Gasteiger partial charge is 0.305 e. The summed E-state index contributed by atoms with van der Waals surface area (Å²) in [5.74, 6) is -0.973. The molecule has 9 heteroatoms. The highest BCUT2D eigenvalue weighted by Gasteiger charge is 2.28. The minimum Gasteiger partial charge on any atom is -0.481 e. The molecule has 114 valence electrons. The number of carboxylic acids is 1. The lowest BCUT2D eigenvalue weighted by atomic mass is 10.4. The van der Waals surface area contributed by atoms with Gasteiger partial charge in [0.05, 0.1) is 31.0 Å². The normalized spacial score (nSPS) is 12.1. The van der Waals surface area contributed by atoms with Gasteiger partial charge in [0, 0.05) is 13.6 Å². The van der Waals surface area contributed by atoms with Gasteiger partial charge in [-0.2, -0.15) is 9.40 Å². The van der Waals surface area contributed by atoms with Gasteiger partial charge in [-0.3, -0.25) is 9.48 Å². The van der Waals surface area contributed by atoms with E-state index in [9.17, 15) is 13.2 Å². The standard InChI is InChI=1S/C11H19N3O5S/c1-8-11(20(18,19)13(3)6-7-15)9(2)14(12-8)5-4-10(16)17/h15H,4-7H2,1-3H3,(H,16,17). The highest BCUT2D eigenvalue weighted by atomic mass is 32.2. The molecule has 0 aliphatic carbocycles. The van der Waals surface area contributed by atoms with Crippen molar-refractivity contribution >= 4 is 16.0 Å². The number of aliphatic hydroxyl groups excluding tert-OH is 1. The fourth-order valence-electron chi connectivity index (χ4n) is 1.89. The molecule has 0 amide bonds. The van der Waals surface area contributed by atoms with Crippen LogP contribution in [-0.4, -0.2) is 58.9 Å². The van der Waals surface area contributed by atoms with Crippen LogP contribution >= 0.6 is 0 Å². The number of aliphatic hydroxyl groups is 1. The van der Waals surface area contributed by atoms with E-state index in [0.29, 0.717) is 11.4 Å². The molecule has 8 nitrogen and oxygen atoms in total. The Labute approximate surface area is 117 Å². The summed E-state index contributed by atoms with van der Waals surface area (Å²) in [5, 5.41) is 21.6. The lowest BCUT2D eigenvalue weighted by Gasteiger charge is -2.16. The molecule has 1 aromatic rings. The topological polar surface area (TPSA) is 113 Å². The molecule has 0 atom stereocenters. The van der Waals surface area contributed by atoms with E-state index in [0.717, 1.165) is 4.31 Å². The third kappa shape index (κ3) is 3.35. The molecule has 0 saturated carbocycles. The van der Waals surface area contributed by atoms with Gasteiger partial charge >= 0.3 is 5.97 Å². The Balaban J connectivity index is 3.16. The maximum Gasteiger partial charge on any atom is 0.305 e. The minimum atomic E-state index is -3.74. The van der Waals surface area contributed by atoms with Crippen LogP contribution in [0.25, 0.3) is 0 Å². The summed E-state index contributed by atoms with van der Waals surface area (Å²) >= 11 is 0. The van der Waals surface area contributed by atoms with Crippen molar-refractivity contribution in [3.8, 4) is 0 Å². The predicted octanol–water partition coefficient (Wildman–Crippen LogP) is -0.413. The van der Waals surface area contributed by atoms with Crippen molar-refractivity contribution in [2.24, 2.45) is 0 Å². The number of nitrogens with zero attached hydrogens (tertiary/aromatic N) is 3. The van der Waals surface area contributed by atoms with Gasteiger partial charge in [-0.15, -0.1) is 0 Å². The maximum atomic E-state index is 12.4. The Kier molecular flexibility index (Phi) is 5.26. The fraction of sp³-hybridized carbons (Fsp3) is 0.636. The number of carbonyl (C=O) groups is 1. The van der Waals surface area contributed by atoms with Crippen molar-refractivity contribution in [1.29, 1.82) is 0 Å². The summed E-state index contributed by atoms with van der Waals surface area (Å²) < 4.78 is 27.1. The molecule has 0 radical (unpaired) electrons. The van der Waals surface area contributed by atoms with E-state index in [1.54, 1.807) is 13.8 Å². The van der Waals surface area contributed by atoms with Crippen molar-refractivity contribution in [3.05, 3.63) is 11.4 Å². The maximum absolute atomic E-state index is 12.4. The molecule has 0 unspecified atom stereocenters. The Morgan fingerprint density at radius 3 is 2.50 bits per heavy atom. The van der Waals surface area contributed by atoms with E-state index in [2.05, 4.69) is 5.10 Å². The number of likely N-dealkylation sites (N-methyl/N-ethyl adjacent to an activating group) is 1. The van der Waals surface area contributed by atoms with Crippen LogP contribution in [0.15, 0.2) is 4.90 Å². The predicted molar refractivity (Wildman–Crippen MR) is 70.9 cm³/mol. The van der Waals surface area contributed by atoms with Gasteiger partial charge in [0.1, 0.15) is 4.90 Å². The molecular formula is C11H19N3O5S. The van der Waals surface area contributed by atoms with Crippen LogP contribution in [-0.2, 0) is 21.4 Å². The molecule has 0 aliphatic heterocycles. The summed E-state index contributed by atoms with van der Waals surface area (Å²) in [6.45, 7) is 2.97. The van der Waals surface area contributed by atoms with E-state index >= 15 is 0 Å². The highest BCUT2D eigenvalue weighted by molar-refractivity contribution is 7.89. The summed E-state index contributed by atoms with van der Waals surface area (Å²) in [6.07, 6.45) is -0.131. The van der Waals surface area contributed by atoms with Gasteiger partial charge in [0.25, 0.3) is 0 Å². The lowest BCUT2D eigenvalue weighted by molar-refractivity contribution is -0.137. The van der Waals surface area contributed by atoms with Crippen LogP contribution in [0.1, 0.15) is 17.8 Å². The number of aromatic nitrogens is 2. The van der Waals surface area contributed by atoms with Crippen LogP contribution in [0.3, 0.4) is 0 Å². The number of carboxylic acid groups (broad SMARTS) is 1. The SMILES string of the molecule is Cc1nn(CCC(=O)O)c(C)c1S(=O)(=O)N(C)CCO. The number of hydrogen-bond donors (Lipinski definition) is 2. The number of aliphatic carboxylic acids is 1. The number of aryl methyl sites for hydroxylation is 2. The van der Waals surface area contributed by atoms with Crippen LogP contribution in [0.5, 0.6) is 0 Å². The summed E-state index contributed by atoms with van der Waals surface area (Å²) in [6, 6.07) is 0. The molecule has 20 heavy (non-hydrogen) atoms. The van der Waals surface area contributed by atoms with E-state index in [1.165, 1.54) is 11.7 Å². The Hall–Kier alpha value is -1.45. The summed E-state index contributed by atoms with van der Waals surface area (Å²) in [4.78, 5) is 10.6. The van der Waals surface area contributed by atoms with Crippen LogP contribution in [0.4, 0.5) is 0 Å². The molecule has 0 fully saturated rings. The zero-order valence-electron chi connectivity index (χ0n) is 11.7. The second kappa shape index (κ2) is 6.33. The lowest BCUT2D eigenvalue weighted by Crippen LogP contribution is -2.30. The van der Waals surface area contributed by atoms with Gasteiger partial charge in [-0.1, -0.05) is 0 Å². The van der Waals surface area contributed by atoms with Crippen molar-refractivity contribution in [2.75, 3.05) is 20.2 Å². The van der Waals surface area contributed by atoms with Gasteiger partial charge in [0.2, 0.25) is 10.0 Å². The third-order valence-electron chi connectivity index (χ3n) is 2.94. The third-order valence-corrected chi connectivity index (χ3v) is 5.05. The number of sulfonamides is 1. The molecule has 1 heterocycles. The Morgan fingerprint density at radius 2 is 2.00 bits per heavy atom. The van der Waals surface area contributed by atoms with E-state index in [-0.39, 0.29) is 31.0 Å². The monoisotopic (exact) mass is 305 g/mol.